The Morgan fingerprint density at radius 3 is 2.48 bits per heavy atom. The lowest BCUT2D eigenvalue weighted by Crippen LogP contribution is -2.36. The van der Waals surface area contributed by atoms with Crippen LogP contribution >= 0.6 is 0 Å². The number of carbonyl (C=O) groups is 1. The Kier molecular flexibility index (Phi) is 8.20. The molecule has 7 nitrogen and oxygen atoms in total. The molecule has 0 saturated heterocycles. The molecule has 0 atom stereocenters. The second-order valence-electron chi connectivity index (χ2n) is 5.98. The van der Waals surface area contributed by atoms with Gasteiger partial charge in [-0.2, -0.15) is 8.78 Å². The molecule has 2 aromatic carbocycles. The fraction of sp³-hybridized carbons (Fsp3) is 0.300. The minimum absolute atomic E-state index is 0.112. The van der Waals surface area contributed by atoms with E-state index in [1.54, 1.807) is 37.4 Å². The average molecular weight is 406 g/mol. The molecule has 0 aliphatic rings. The summed E-state index contributed by atoms with van der Waals surface area (Å²) in [5.41, 5.74) is 2.03. The fourth-order valence-corrected chi connectivity index (χ4v) is 2.60. The van der Waals surface area contributed by atoms with Crippen molar-refractivity contribution in [2.45, 2.75) is 26.6 Å². The van der Waals surface area contributed by atoms with Gasteiger partial charge in [-0.3, -0.25) is 9.79 Å². The molecule has 2 aromatic rings. The van der Waals surface area contributed by atoms with E-state index in [4.69, 9.17) is 4.74 Å². The number of aliphatic imine (C=N–C) groups is 1. The Bertz CT molecular complexity index is 859. The third-order valence-corrected chi connectivity index (χ3v) is 3.89. The molecule has 156 valence electrons. The normalized spacial score (nSPS) is 11.2. The number of alkyl halides is 2. The second kappa shape index (κ2) is 10.8. The molecule has 0 spiro atoms. The van der Waals surface area contributed by atoms with Gasteiger partial charge in [-0.05, 0) is 23.8 Å². The number of nitrogens with one attached hydrogen (secondary N) is 3. The van der Waals surface area contributed by atoms with E-state index in [9.17, 15) is 13.6 Å². The molecule has 2 rings (SSSR count). The fourth-order valence-electron chi connectivity index (χ4n) is 2.60. The molecular weight excluding hydrogens is 382 g/mol. The van der Waals surface area contributed by atoms with Gasteiger partial charge < -0.3 is 25.4 Å². The van der Waals surface area contributed by atoms with Crippen LogP contribution in [0.3, 0.4) is 0 Å². The van der Waals surface area contributed by atoms with E-state index in [1.807, 2.05) is 6.07 Å². The number of rotatable bonds is 8. The molecule has 0 aliphatic carbocycles. The summed E-state index contributed by atoms with van der Waals surface area (Å²) in [6, 6.07) is 12.0. The van der Waals surface area contributed by atoms with E-state index in [0.717, 1.165) is 5.56 Å². The first-order valence-corrected chi connectivity index (χ1v) is 8.84. The summed E-state index contributed by atoms with van der Waals surface area (Å²) in [7, 11) is 3.13. The molecule has 29 heavy (non-hydrogen) atoms. The molecule has 0 unspecified atom stereocenters. The van der Waals surface area contributed by atoms with Gasteiger partial charge in [0.05, 0.1) is 12.8 Å². The number of para-hydroxylation sites is 1. The van der Waals surface area contributed by atoms with E-state index in [0.29, 0.717) is 29.5 Å². The maximum Gasteiger partial charge on any atom is 0.387 e. The molecular formula is C20H24F2N4O3. The van der Waals surface area contributed by atoms with E-state index in [1.165, 1.54) is 20.1 Å². The number of benzene rings is 2. The average Bonchev–Trinajstić information content (AvgIpc) is 2.68. The topological polar surface area (TPSA) is 84.0 Å². The van der Waals surface area contributed by atoms with Gasteiger partial charge in [0.25, 0.3) is 0 Å². The van der Waals surface area contributed by atoms with Crippen LogP contribution in [0.15, 0.2) is 47.5 Å². The van der Waals surface area contributed by atoms with Crippen molar-refractivity contribution < 1.29 is 23.0 Å². The minimum atomic E-state index is -2.89. The number of halogens is 2. The van der Waals surface area contributed by atoms with Crippen molar-refractivity contribution in [2.75, 3.05) is 19.5 Å². The molecule has 0 bridgehead atoms. The first kappa shape index (κ1) is 21.9. The number of anilines is 1. The highest BCUT2D eigenvalue weighted by Gasteiger charge is 2.10. The zero-order valence-corrected chi connectivity index (χ0v) is 16.5. The number of methoxy groups -OCH3 is 1. The summed E-state index contributed by atoms with van der Waals surface area (Å²) < 4.78 is 34.8. The Hall–Kier alpha value is -3.36. The lowest BCUT2D eigenvalue weighted by molar-refractivity contribution is -0.114. The van der Waals surface area contributed by atoms with Gasteiger partial charge in [-0.1, -0.05) is 24.3 Å². The van der Waals surface area contributed by atoms with Gasteiger partial charge >= 0.3 is 6.61 Å². The van der Waals surface area contributed by atoms with Gasteiger partial charge in [-0.25, -0.2) is 0 Å². The summed E-state index contributed by atoms with van der Waals surface area (Å²) in [5, 5.41) is 8.91. The van der Waals surface area contributed by atoms with Gasteiger partial charge in [0.15, 0.2) is 5.96 Å². The van der Waals surface area contributed by atoms with Crippen molar-refractivity contribution >= 4 is 17.6 Å². The van der Waals surface area contributed by atoms with Crippen molar-refractivity contribution in [3.63, 3.8) is 0 Å². The molecule has 3 N–H and O–H groups in total. The number of guanidine groups is 1. The minimum Gasteiger partial charge on any atom is -0.495 e. The Balaban J connectivity index is 1.99. The van der Waals surface area contributed by atoms with Crippen molar-refractivity contribution in [1.82, 2.24) is 10.6 Å². The summed E-state index contributed by atoms with van der Waals surface area (Å²) in [6.07, 6.45) is 0. The monoisotopic (exact) mass is 406 g/mol. The Morgan fingerprint density at radius 1 is 1.10 bits per heavy atom. The van der Waals surface area contributed by atoms with Crippen LogP contribution in [0.2, 0.25) is 0 Å². The third-order valence-electron chi connectivity index (χ3n) is 3.89. The maximum absolute atomic E-state index is 12.5. The molecule has 0 fully saturated rings. The van der Waals surface area contributed by atoms with Gasteiger partial charge in [0.1, 0.15) is 11.5 Å². The highest BCUT2D eigenvalue weighted by atomic mass is 19.3. The van der Waals surface area contributed by atoms with Crippen molar-refractivity contribution in [3.05, 3.63) is 53.6 Å². The van der Waals surface area contributed by atoms with Gasteiger partial charge in [-0.15, -0.1) is 0 Å². The van der Waals surface area contributed by atoms with Gasteiger partial charge in [0.2, 0.25) is 5.91 Å². The molecule has 9 heteroatoms. The number of hydrogen-bond donors (Lipinski definition) is 3. The highest BCUT2D eigenvalue weighted by molar-refractivity contribution is 5.90. The van der Waals surface area contributed by atoms with Crippen molar-refractivity contribution in [2.24, 2.45) is 4.99 Å². The molecule has 0 aliphatic heterocycles. The second-order valence-corrected chi connectivity index (χ2v) is 5.98. The van der Waals surface area contributed by atoms with E-state index < -0.39 is 6.61 Å². The number of hydrogen-bond acceptors (Lipinski definition) is 4. The third kappa shape index (κ3) is 6.95. The van der Waals surface area contributed by atoms with Crippen LogP contribution in [0.4, 0.5) is 14.5 Å². The summed E-state index contributed by atoms with van der Waals surface area (Å²) in [6.45, 7) is -0.791. The zero-order valence-electron chi connectivity index (χ0n) is 16.5. The van der Waals surface area contributed by atoms with Crippen LogP contribution in [0.25, 0.3) is 0 Å². The number of nitrogens with zero attached hydrogens (tertiary/aromatic N) is 1. The molecule has 0 radical (unpaired) electrons. The van der Waals surface area contributed by atoms with E-state index in [-0.39, 0.29) is 18.2 Å². The van der Waals surface area contributed by atoms with Crippen LogP contribution in [-0.2, 0) is 17.9 Å². The highest BCUT2D eigenvalue weighted by Crippen LogP contribution is 2.25. The van der Waals surface area contributed by atoms with E-state index >= 15 is 0 Å². The Morgan fingerprint density at radius 2 is 1.83 bits per heavy atom. The maximum atomic E-state index is 12.5. The van der Waals surface area contributed by atoms with Crippen LogP contribution in [0.5, 0.6) is 11.5 Å². The van der Waals surface area contributed by atoms with Gasteiger partial charge in [0, 0.05) is 32.6 Å². The van der Waals surface area contributed by atoms with Crippen LogP contribution in [0.1, 0.15) is 18.1 Å². The van der Waals surface area contributed by atoms with Crippen LogP contribution < -0.4 is 25.4 Å². The molecule has 1 amide bonds. The first-order chi connectivity index (χ1) is 13.9. The number of amides is 1. The smallest absolute Gasteiger partial charge is 0.387 e. The van der Waals surface area contributed by atoms with E-state index in [2.05, 4.69) is 25.7 Å². The quantitative estimate of drug-likeness (QED) is 0.463. The Labute approximate surface area is 168 Å². The van der Waals surface area contributed by atoms with Crippen molar-refractivity contribution in [3.8, 4) is 11.5 Å². The SMILES string of the molecule is CN=C(NCc1ccc(OC)c(NC(C)=O)c1)NCc1ccccc1OC(F)F. The molecule has 0 saturated carbocycles. The lowest BCUT2D eigenvalue weighted by atomic mass is 10.2. The lowest BCUT2D eigenvalue weighted by Gasteiger charge is -2.15. The first-order valence-electron chi connectivity index (χ1n) is 8.84. The van der Waals surface area contributed by atoms with Crippen molar-refractivity contribution in [1.29, 1.82) is 0 Å². The summed E-state index contributed by atoms with van der Waals surface area (Å²) >= 11 is 0. The number of ether oxygens (including phenoxy) is 2. The number of carbonyl (C=O) groups excluding carboxylic acids is 1. The molecule has 0 aromatic heterocycles. The molecule has 0 heterocycles. The predicted molar refractivity (Wildman–Crippen MR) is 107 cm³/mol. The predicted octanol–water partition coefficient (Wildman–Crippen LogP) is 3.12. The summed E-state index contributed by atoms with van der Waals surface area (Å²) in [5.74, 6) is 0.951. The standard InChI is InChI=1S/C20H24F2N4O3/c1-13(27)26-16-10-14(8-9-18(16)28-3)11-24-20(23-2)25-12-15-6-4-5-7-17(15)29-19(21)22/h4-10,19H,11-12H2,1-3H3,(H,26,27)(H2,23,24,25). The zero-order chi connectivity index (χ0) is 21.2. The summed E-state index contributed by atoms with van der Waals surface area (Å²) in [4.78, 5) is 15.5. The van der Waals surface area contributed by atoms with Crippen LogP contribution in [-0.4, -0.2) is 32.6 Å². The largest absolute Gasteiger partial charge is 0.495 e. The van der Waals surface area contributed by atoms with Crippen LogP contribution in [0, 0.1) is 0 Å².